The molecule has 0 radical (unpaired) electrons. The Kier molecular flexibility index (Phi) is 9.05. The van der Waals surface area contributed by atoms with E-state index in [1.807, 2.05) is 31.4 Å². The predicted molar refractivity (Wildman–Crippen MR) is 143 cm³/mol. The number of nitrogen functional groups attached to an aromatic ring is 1. The molecule has 196 valence electrons. The van der Waals surface area contributed by atoms with Crippen LogP contribution in [0.15, 0.2) is 42.7 Å². The minimum atomic E-state index is -0.829. The normalized spacial score (nSPS) is 18.4. The lowest BCUT2D eigenvalue weighted by Crippen LogP contribution is -2.40. The molecule has 9 nitrogen and oxygen atoms in total. The highest BCUT2D eigenvalue weighted by atomic mass is 16.6. The monoisotopic (exact) mass is 496 g/mol. The molecule has 0 spiro atoms. The number of piperidine rings is 1. The summed E-state index contributed by atoms with van der Waals surface area (Å²) in [5, 5.41) is 13.3. The highest BCUT2D eigenvalue weighted by Gasteiger charge is 2.33. The topological polar surface area (TPSA) is 117 Å². The molecule has 0 unspecified atom stereocenters. The van der Waals surface area contributed by atoms with Gasteiger partial charge in [0, 0.05) is 44.1 Å². The molecule has 2 aromatic rings. The molecule has 4 rings (SSSR count). The minimum absolute atomic E-state index is 0.412. The molecule has 36 heavy (non-hydrogen) atoms. The molecule has 0 saturated carbocycles. The van der Waals surface area contributed by atoms with Gasteiger partial charge >= 0.3 is 6.09 Å². The third-order valence-corrected chi connectivity index (χ3v) is 6.31. The number of amides is 1. The Balaban J connectivity index is 0.000000221. The van der Waals surface area contributed by atoms with Crippen molar-refractivity contribution in [2.24, 2.45) is 0 Å². The maximum Gasteiger partial charge on any atom is 0.413 e. The zero-order chi connectivity index (χ0) is 26.3. The first-order valence-electron chi connectivity index (χ1n) is 12.4. The third-order valence-electron chi connectivity index (χ3n) is 6.31. The molecule has 4 N–H and O–H groups in total. The minimum Gasteiger partial charge on any atom is -0.444 e. The molecule has 4 heterocycles. The van der Waals surface area contributed by atoms with E-state index >= 15 is 0 Å². The highest BCUT2D eigenvalue weighted by Crippen LogP contribution is 2.32. The van der Waals surface area contributed by atoms with Crippen LogP contribution in [0.4, 0.5) is 16.4 Å². The number of aromatic nitrogens is 2. The van der Waals surface area contributed by atoms with Gasteiger partial charge in [0.1, 0.15) is 17.2 Å². The van der Waals surface area contributed by atoms with E-state index in [4.69, 9.17) is 10.5 Å². The molecule has 2 aliphatic heterocycles. The number of pyridine rings is 2. The second-order valence-corrected chi connectivity index (χ2v) is 10.6. The second kappa shape index (κ2) is 11.8. The number of hydrogen-bond donors (Lipinski definition) is 3. The average Bonchev–Trinajstić information content (AvgIpc) is 2.82. The number of nitrogens with one attached hydrogen (secondary N) is 1. The average molecular weight is 497 g/mol. The first-order valence-corrected chi connectivity index (χ1v) is 12.4. The Bertz CT molecular complexity index is 1020. The summed E-state index contributed by atoms with van der Waals surface area (Å²) >= 11 is 0. The zero-order valence-corrected chi connectivity index (χ0v) is 22.1. The standard InChI is InChI=1S/C16H25N3O3.C11H15N3/c1-15(2,3)22-14(20)18-13-6-5-12(11-17-13)16(21)7-9-19(4)10-8-16;1-14-6-4-9(5-7-14)10-2-3-11(12)13-8-10/h5-6,11,21H,7-10H2,1-4H3,(H,17,18,20);2-4,8H,5-7H2,1H3,(H2,12,13). The number of carbonyl (C=O) groups excluding carboxylic acids is 1. The number of nitrogens with two attached hydrogens (primary N) is 1. The summed E-state index contributed by atoms with van der Waals surface area (Å²) in [6.45, 7) is 9.27. The van der Waals surface area contributed by atoms with Crippen LogP contribution in [-0.4, -0.2) is 76.8 Å². The van der Waals surface area contributed by atoms with E-state index in [9.17, 15) is 9.90 Å². The molecule has 0 atom stereocenters. The number of likely N-dealkylation sites (N-methyl/N-ethyl adjacent to an activating group) is 1. The Hall–Kier alpha value is -3.01. The number of likely N-dealkylation sites (tertiary alicyclic amines) is 1. The predicted octanol–water partition coefficient (Wildman–Crippen LogP) is 3.72. The number of hydrogen-bond acceptors (Lipinski definition) is 8. The Morgan fingerprint density at radius 1 is 1.06 bits per heavy atom. The van der Waals surface area contributed by atoms with Gasteiger partial charge in [0.2, 0.25) is 0 Å². The highest BCUT2D eigenvalue weighted by molar-refractivity contribution is 5.83. The molecule has 0 bridgehead atoms. The summed E-state index contributed by atoms with van der Waals surface area (Å²) in [5.74, 6) is 0.997. The second-order valence-electron chi connectivity index (χ2n) is 10.6. The fourth-order valence-corrected chi connectivity index (χ4v) is 4.06. The summed E-state index contributed by atoms with van der Waals surface area (Å²) in [4.78, 5) is 24.5. The Morgan fingerprint density at radius 2 is 1.78 bits per heavy atom. The van der Waals surface area contributed by atoms with E-state index in [-0.39, 0.29) is 0 Å². The maximum absolute atomic E-state index is 11.7. The van der Waals surface area contributed by atoms with Gasteiger partial charge < -0.3 is 25.4 Å². The van der Waals surface area contributed by atoms with Gasteiger partial charge in [-0.3, -0.25) is 5.32 Å². The summed E-state index contributed by atoms with van der Waals surface area (Å²) in [6, 6.07) is 7.40. The van der Waals surface area contributed by atoms with Crippen molar-refractivity contribution in [2.75, 3.05) is 51.3 Å². The van der Waals surface area contributed by atoms with Crippen LogP contribution in [0.5, 0.6) is 0 Å². The first kappa shape index (κ1) is 27.6. The molecule has 1 fully saturated rings. The van der Waals surface area contributed by atoms with Gasteiger partial charge in [-0.05, 0) is 83.5 Å². The fraction of sp³-hybridized carbons (Fsp3) is 0.519. The summed E-state index contributed by atoms with van der Waals surface area (Å²) in [5.41, 5.74) is 7.54. The smallest absolute Gasteiger partial charge is 0.413 e. The van der Waals surface area contributed by atoms with E-state index in [1.165, 1.54) is 11.1 Å². The van der Waals surface area contributed by atoms with Crippen LogP contribution in [0, 0.1) is 0 Å². The Labute approximate surface area is 214 Å². The lowest BCUT2D eigenvalue weighted by molar-refractivity contribution is -0.0205. The van der Waals surface area contributed by atoms with Gasteiger partial charge in [-0.2, -0.15) is 0 Å². The van der Waals surface area contributed by atoms with Crippen molar-refractivity contribution in [3.05, 3.63) is 53.9 Å². The van der Waals surface area contributed by atoms with Crippen LogP contribution < -0.4 is 11.1 Å². The van der Waals surface area contributed by atoms with Crippen LogP contribution in [0.1, 0.15) is 51.2 Å². The van der Waals surface area contributed by atoms with Gasteiger partial charge in [-0.15, -0.1) is 0 Å². The summed E-state index contributed by atoms with van der Waals surface area (Å²) in [6.07, 6.45) is 7.67. The molecule has 2 aromatic heterocycles. The number of anilines is 2. The van der Waals surface area contributed by atoms with Crippen LogP contribution in [0.2, 0.25) is 0 Å². The molecule has 1 amide bonds. The van der Waals surface area contributed by atoms with Crippen molar-refractivity contribution in [3.63, 3.8) is 0 Å². The van der Waals surface area contributed by atoms with Crippen LogP contribution in [0.25, 0.3) is 5.57 Å². The molecule has 1 saturated heterocycles. The van der Waals surface area contributed by atoms with Gasteiger partial charge in [-0.1, -0.05) is 12.1 Å². The van der Waals surface area contributed by atoms with Crippen molar-refractivity contribution >= 4 is 23.3 Å². The molecular weight excluding hydrogens is 456 g/mol. The van der Waals surface area contributed by atoms with Crippen LogP contribution >= 0.6 is 0 Å². The number of carbonyl (C=O) groups is 1. The molecule has 0 aliphatic carbocycles. The van der Waals surface area contributed by atoms with E-state index in [0.717, 1.165) is 38.2 Å². The van der Waals surface area contributed by atoms with Crippen molar-refractivity contribution in [2.45, 2.75) is 51.2 Å². The summed E-state index contributed by atoms with van der Waals surface area (Å²) < 4.78 is 5.17. The molecule has 9 heteroatoms. The number of ether oxygens (including phenoxy) is 1. The molecular formula is C27H40N6O3. The van der Waals surface area contributed by atoms with Crippen molar-refractivity contribution in [3.8, 4) is 0 Å². The lowest BCUT2D eigenvalue weighted by Gasteiger charge is -2.36. The lowest BCUT2D eigenvalue weighted by atomic mass is 9.85. The number of aliphatic hydroxyl groups is 1. The van der Waals surface area contributed by atoms with Gasteiger partial charge in [0.15, 0.2) is 0 Å². The molecule has 0 aromatic carbocycles. The largest absolute Gasteiger partial charge is 0.444 e. The Morgan fingerprint density at radius 3 is 2.31 bits per heavy atom. The van der Waals surface area contributed by atoms with Gasteiger partial charge in [0.05, 0.1) is 5.60 Å². The third kappa shape index (κ3) is 8.29. The van der Waals surface area contributed by atoms with E-state index in [0.29, 0.717) is 24.5 Å². The number of nitrogens with zero attached hydrogens (tertiary/aromatic N) is 4. The van der Waals surface area contributed by atoms with Crippen molar-refractivity contribution in [1.82, 2.24) is 19.8 Å². The van der Waals surface area contributed by atoms with Crippen LogP contribution in [-0.2, 0) is 10.3 Å². The summed E-state index contributed by atoms with van der Waals surface area (Å²) in [7, 11) is 4.18. The van der Waals surface area contributed by atoms with Crippen molar-refractivity contribution in [1.29, 1.82) is 0 Å². The van der Waals surface area contributed by atoms with Crippen molar-refractivity contribution < 1.29 is 14.6 Å². The quantitative estimate of drug-likeness (QED) is 0.589. The van der Waals surface area contributed by atoms with Gasteiger partial charge in [-0.25, -0.2) is 14.8 Å². The molecule has 2 aliphatic rings. The van der Waals surface area contributed by atoms with Gasteiger partial charge in [0.25, 0.3) is 0 Å². The fourth-order valence-electron chi connectivity index (χ4n) is 4.06. The van der Waals surface area contributed by atoms with E-state index in [1.54, 1.807) is 33.0 Å². The SMILES string of the molecule is CN1CC=C(c2ccc(N)nc2)CC1.CN1CCC(O)(c2ccc(NC(=O)OC(C)(C)C)nc2)CC1. The first-order chi connectivity index (χ1) is 16.9. The zero-order valence-electron chi connectivity index (χ0n) is 22.1. The number of rotatable bonds is 3. The van der Waals surface area contributed by atoms with E-state index < -0.39 is 17.3 Å². The van der Waals surface area contributed by atoms with E-state index in [2.05, 4.69) is 38.2 Å². The van der Waals surface area contributed by atoms with Crippen LogP contribution in [0.3, 0.4) is 0 Å². The maximum atomic E-state index is 11.7.